The highest BCUT2D eigenvalue weighted by molar-refractivity contribution is 5.76. The molecule has 23 heavy (non-hydrogen) atoms. The number of benzene rings is 1. The zero-order valence-electron chi connectivity index (χ0n) is 13.1. The highest BCUT2D eigenvalue weighted by atomic mass is 19.1. The topological polar surface area (TPSA) is 58.2 Å². The smallest absolute Gasteiger partial charge is 0.226 e. The summed E-state index contributed by atoms with van der Waals surface area (Å²) in [6.45, 7) is 3.64. The molecule has 0 spiro atoms. The van der Waals surface area contributed by atoms with Crippen LogP contribution in [0.3, 0.4) is 0 Å². The molecule has 1 amide bonds. The Hall–Kier alpha value is -2.37. The van der Waals surface area contributed by atoms with Gasteiger partial charge in [0.2, 0.25) is 5.91 Å². The van der Waals surface area contributed by atoms with Crippen LogP contribution in [0.1, 0.15) is 30.0 Å². The Morgan fingerprint density at radius 2 is 2.30 bits per heavy atom. The van der Waals surface area contributed by atoms with Crippen LogP contribution in [0.2, 0.25) is 0 Å². The van der Waals surface area contributed by atoms with Crippen LogP contribution in [0, 0.1) is 12.7 Å². The van der Waals surface area contributed by atoms with E-state index in [2.05, 4.69) is 10.2 Å². The summed E-state index contributed by atoms with van der Waals surface area (Å²) in [5.41, 5.74) is 2.25. The fraction of sp³-hybridized carbons (Fsp3) is 0.412. The number of ether oxygens (including phenoxy) is 1. The summed E-state index contributed by atoms with van der Waals surface area (Å²) in [4.78, 5) is 14.1. The van der Waals surface area contributed by atoms with Gasteiger partial charge in [-0.3, -0.25) is 9.89 Å². The molecule has 1 fully saturated rings. The summed E-state index contributed by atoms with van der Waals surface area (Å²) in [7, 11) is 0. The first kappa shape index (κ1) is 15.5. The Morgan fingerprint density at radius 3 is 3.04 bits per heavy atom. The Morgan fingerprint density at radius 1 is 1.48 bits per heavy atom. The number of halogens is 1. The third kappa shape index (κ3) is 3.52. The fourth-order valence-electron chi connectivity index (χ4n) is 2.96. The van der Waals surface area contributed by atoms with E-state index in [9.17, 15) is 9.18 Å². The van der Waals surface area contributed by atoms with Crippen molar-refractivity contribution in [3.05, 3.63) is 47.5 Å². The number of carbonyl (C=O) groups is 1. The van der Waals surface area contributed by atoms with Crippen LogP contribution in [0.25, 0.3) is 0 Å². The van der Waals surface area contributed by atoms with Crippen molar-refractivity contribution >= 4 is 5.91 Å². The van der Waals surface area contributed by atoms with E-state index in [4.69, 9.17) is 4.74 Å². The highest BCUT2D eigenvalue weighted by Gasteiger charge is 2.28. The molecule has 1 unspecified atom stereocenters. The quantitative estimate of drug-likeness (QED) is 0.922. The van der Waals surface area contributed by atoms with Crippen molar-refractivity contribution in [2.24, 2.45) is 0 Å². The standard InChI is InChI=1S/C17H20FN3O2/c1-12-10-19-20-17(12)13-6-8-21(11-13)16(22)7-9-23-15-5-3-2-4-14(15)18/h2-5,10,13H,6-9,11H2,1H3,(H,19,20). The van der Waals surface area contributed by atoms with Gasteiger partial charge in [-0.05, 0) is 31.0 Å². The van der Waals surface area contributed by atoms with Crippen molar-refractivity contribution in [2.75, 3.05) is 19.7 Å². The molecule has 1 atom stereocenters. The first-order valence-electron chi connectivity index (χ1n) is 7.80. The molecule has 1 aliphatic rings. The molecule has 1 N–H and O–H groups in total. The molecule has 1 aromatic heterocycles. The summed E-state index contributed by atoms with van der Waals surface area (Å²) >= 11 is 0. The van der Waals surface area contributed by atoms with Gasteiger partial charge in [-0.2, -0.15) is 5.10 Å². The number of hydrogen-bond donors (Lipinski definition) is 1. The number of hydrogen-bond acceptors (Lipinski definition) is 3. The number of carbonyl (C=O) groups excluding carboxylic acids is 1. The van der Waals surface area contributed by atoms with Gasteiger partial charge >= 0.3 is 0 Å². The van der Waals surface area contributed by atoms with Crippen LogP contribution >= 0.6 is 0 Å². The van der Waals surface area contributed by atoms with Crippen LogP contribution in [-0.2, 0) is 4.79 Å². The van der Waals surface area contributed by atoms with Gasteiger partial charge in [-0.1, -0.05) is 12.1 Å². The van der Waals surface area contributed by atoms with E-state index in [0.29, 0.717) is 12.5 Å². The molecule has 3 rings (SSSR count). The van der Waals surface area contributed by atoms with Crippen molar-refractivity contribution in [1.82, 2.24) is 15.1 Å². The Kier molecular flexibility index (Phi) is 4.60. The average molecular weight is 317 g/mol. The second-order valence-electron chi connectivity index (χ2n) is 5.82. The SMILES string of the molecule is Cc1cn[nH]c1C1CCN(C(=O)CCOc2ccccc2F)C1. The van der Waals surface area contributed by atoms with E-state index in [1.807, 2.05) is 18.0 Å². The first-order valence-corrected chi connectivity index (χ1v) is 7.80. The van der Waals surface area contributed by atoms with Crippen LogP contribution in [0.5, 0.6) is 5.75 Å². The van der Waals surface area contributed by atoms with E-state index in [1.54, 1.807) is 18.2 Å². The minimum atomic E-state index is -0.407. The summed E-state index contributed by atoms with van der Waals surface area (Å²) in [6.07, 6.45) is 2.99. The van der Waals surface area contributed by atoms with Crippen molar-refractivity contribution < 1.29 is 13.9 Å². The lowest BCUT2D eigenvalue weighted by Crippen LogP contribution is -2.29. The second kappa shape index (κ2) is 6.81. The van der Waals surface area contributed by atoms with Gasteiger partial charge < -0.3 is 9.64 Å². The third-order valence-electron chi connectivity index (χ3n) is 4.23. The van der Waals surface area contributed by atoms with Crippen LogP contribution in [0.15, 0.2) is 30.5 Å². The van der Waals surface area contributed by atoms with Crippen LogP contribution in [-0.4, -0.2) is 40.7 Å². The van der Waals surface area contributed by atoms with Gasteiger partial charge in [0, 0.05) is 24.7 Å². The number of aryl methyl sites for hydroxylation is 1. The number of rotatable bonds is 5. The molecule has 0 aliphatic carbocycles. The second-order valence-corrected chi connectivity index (χ2v) is 5.82. The van der Waals surface area contributed by atoms with Crippen LogP contribution < -0.4 is 4.74 Å². The van der Waals surface area contributed by atoms with Gasteiger partial charge in [-0.25, -0.2) is 4.39 Å². The number of nitrogens with one attached hydrogen (secondary N) is 1. The van der Waals surface area contributed by atoms with Gasteiger partial charge in [0.25, 0.3) is 0 Å². The first-order chi connectivity index (χ1) is 11.1. The molecule has 5 nitrogen and oxygen atoms in total. The van der Waals surface area contributed by atoms with E-state index in [-0.39, 0.29) is 24.7 Å². The predicted molar refractivity (Wildman–Crippen MR) is 83.8 cm³/mol. The van der Waals surface area contributed by atoms with Crippen LogP contribution in [0.4, 0.5) is 4.39 Å². The number of nitrogens with zero attached hydrogens (tertiary/aromatic N) is 2. The minimum absolute atomic E-state index is 0.0426. The molecule has 1 saturated heterocycles. The van der Waals surface area contributed by atoms with Gasteiger partial charge in [0.05, 0.1) is 19.2 Å². The number of para-hydroxylation sites is 1. The molecule has 0 bridgehead atoms. The Labute approximate surface area is 134 Å². The lowest BCUT2D eigenvalue weighted by molar-refractivity contribution is -0.130. The lowest BCUT2D eigenvalue weighted by Gasteiger charge is -2.16. The number of aromatic amines is 1. The molecule has 0 radical (unpaired) electrons. The zero-order valence-corrected chi connectivity index (χ0v) is 13.1. The van der Waals surface area contributed by atoms with Crippen molar-refractivity contribution in [3.8, 4) is 5.75 Å². The molecule has 2 aromatic rings. The van der Waals surface area contributed by atoms with E-state index in [1.165, 1.54) is 6.07 Å². The largest absolute Gasteiger partial charge is 0.490 e. The molecule has 1 aliphatic heterocycles. The number of amides is 1. The van der Waals surface area contributed by atoms with Gasteiger partial charge in [0.15, 0.2) is 11.6 Å². The molecule has 2 heterocycles. The molecule has 1 aromatic carbocycles. The molecule has 122 valence electrons. The Balaban J connectivity index is 1.48. The maximum atomic E-state index is 13.4. The van der Waals surface area contributed by atoms with Crippen molar-refractivity contribution in [2.45, 2.75) is 25.7 Å². The number of H-pyrrole nitrogens is 1. The van der Waals surface area contributed by atoms with Gasteiger partial charge in [0.1, 0.15) is 0 Å². The third-order valence-corrected chi connectivity index (χ3v) is 4.23. The van der Waals surface area contributed by atoms with Crippen molar-refractivity contribution in [1.29, 1.82) is 0 Å². The normalized spacial score (nSPS) is 17.5. The summed E-state index contributed by atoms with van der Waals surface area (Å²) in [6, 6.07) is 6.22. The zero-order chi connectivity index (χ0) is 16.2. The maximum Gasteiger partial charge on any atom is 0.226 e. The summed E-state index contributed by atoms with van der Waals surface area (Å²) in [5, 5.41) is 7.07. The fourth-order valence-corrected chi connectivity index (χ4v) is 2.96. The molecule has 0 saturated carbocycles. The van der Waals surface area contributed by atoms with E-state index in [0.717, 1.165) is 24.2 Å². The summed E-state index contributed by atoms with van der Waals surface area (Å²) < 4.78 is 18.8. The van der Waals surface area contributed by atoms with E-state index < -0.39 is 5.82 Å². The molecule has 6 heteroatoms. The molecular formula is C17H20FN3O2. The maximum absolute atomic E-state index is 13.4. The molecular weight excluding hydrogens is 297 g/mol. The Bertz CT molecular complexity index is 686. The summed E-state index contributed by atoms with van der Waals surface area (Å²) in [5.74, 6) is 0.138. The number of likely N-dealkylation sites (tertiary alicyclic amines) is 1. The van der Waals surface area contributed by atoms with Gasteiger partial charge in [-0.15, -0.1) is 0 Å². The monoisotopic (exact) mass is 317 g/mol. The lowest BCUT2D eigenvalue weighted by atomic mass is 10.0. The number of aromatic nitrogens is 2. The highest BCUT2D eigenvalue weighted by Crippen LogP contribution is 2.28. The average Bonchev–Trinajstić information content (AvgIpc) is 3.17. The predicted octanol–water partition coefficient (Wildman–Crippen LogP) is 2.64. The minimum Gasteiger partial charge on any atom is -0.490 e. The van der Waals surface area contributed by atoms with Crippen molar-refractivity contribution in [3.63, 3.8) is 0 Å². The van der Waals surface area contributed by atoms with E-state index >= 15 is 0 Å².